The lowest BCUT2D eigenvalue weighted by atomic mass is 10.0. The minimum absolute atomic E-state index is 0.00256. The van der Waals surface area contributed by atoms with Crippen molar-refractivity contribution in [2.45, 2.75) is 4.90 Å². The van der Waals surface area contributed by atoms with E-state index in [0.717, 1.165) is 0 Å². The van der Waals surface area contributed by atoms with Crippen molar-refractivity contribution in [3.63, 3.8) is 0 Å². The molecule has 3 aromatic carbocycles. The van der Waals surface area contributed by atoms with Crippen LogP contribution in [-0.2, 0) is 19.8 Å². The van der Waals surface area contributed by atoms with Crippen LogP contribution in [0.25, 0.3) is 6.08 Å². The molecule has 1 aliphatic heterocycles. The van der Waals surface area contributed by atoms with Gasteiger partial charge in [-0.05, 0) is 58.4 Å². The molecule has 3 aromatic rings. The van der Waals surface area contributed by atoms with Gasteiger partial charge in [0.15, 0.2) is 5.75 Å². The normalized spacial score (nSPS) is 14.9. The van der Waals surface area contributed by atoms with Crippen LogP contribution in [0.3, 0.4) is 0 Å². The number of hydrogen-bond acceptors (Lipinski definition) is 6. The standard InChI is InChI=1S/C22H12Br2ClNO5S/c23-15-10-14(11-18-20(26-30-22(18)27)13-4-2-1-3-5-13)21(19(24)12-15)31-32(28,29)17-8-6-16(25)7-9-17/h1-12H/b18-11-. The van der Waals surface area contributed by atoms with E-state index in [1.54, 1.807) is 36.4 Å². The molecule has 4 rings (SSSR count). The van der Waals surface area contributed by atoms with Gasteiger partial charge in [-0.25, -0.2) is 4.79 Å². The van der Waals surface area contributed by atoms with Crippen LogP contribution in [0.4, 0.5) is 0 Å². The highest BCUT2D eigenvalue weighted by Gasteiger charge is 2.28. The van der Waals surface area contributed by atoms with E-state index < -0.39 is 16.1 Å². The molecule has 0 N–H and O–H groups in total. The molecule has 0 aliphatic carbocycles. The summed E-state index contributed by atoms with van der Waals surface area (Å²) in [6.07, 6.45) is 1.48. The first-order valence-electron chi connectivity index (χ1n) is 9.00. The van der Waals surface area contributed by atoms with Crippen molar-refractivity contribution >= 4 is 71.3 Å². The van der Waals surface area contributed by atoms with Gasteiger partial charge in [-0.3, -0.25) is 0 Å². The minimum Gasteiger partial charge on any atom is -0.377 e. The maximum absolute atomic E-state index is 12.9. The van der Waals surface area contributed by atoms with Gasteiger partial charge in [0, 0.05) is 20.6 Å². The molecular formula is C22H12Br2ClNO5S. The van der Waals surface area contributed by atoms with Gasteiger partial charge in [0.2, 0.25) is 0 Å². The van der Waals surface area contributed by atoms with Crippen molar-refractivity contribution in [2.24, 2.45) is 5.16 Å². The number of halogens is 3. The molecular weight excluding hydrogens is 586 g/mol. The highest BCUT2D eigenvalue weighted by Crippen LogP contribution is 2.37. The topological polar surface area (TPSA) is 82.0 Å². The van der Waals surface area contributed by atoms with Gasteiger partial charge in [-0.15, -0.1) is 0 Å². The molecule has 1 heterocycles. The average Bonchev–Trinajstić information content (AvgIpc) is 3.12. The fourth-order valence-corrected chi connectivity index (χ4v) is 5.45. The molecule has 0 radical (unpaired) electrons. The molecule has 0 saturated heterocycles. The molecule has 162 valence electrons. The maximum Gasteiger partial charge on any atom is 0.368 e. The van der Waals surface area contributed by atoms with E-state index in [1.807, 2.05) is 6.07 Å². The number of hydrogen-bond donors (Lipinski definition) is 0. The predicted molar refractivity (Wildman–Crippen MR) is 128 cm³/mol. The van der Waals surface area contributed by atoms with E-state index in [-0.39, 0.29) is 16.2 Å². The summed E-state index contributed by atoms with van der Waals surface area (Å²) >= 11 is 12.6. The Labute approximate surface area is 205 Å². The quantitative estimate of drug-likeness (QED) is 0.206. The Morgan fingerprint density at radius 1 is 1.00 bits per heavy atom. The van der Waals surface area contributed by atoms with Crippen LogP contribution in [0.2, 0.25) is 5.02 Å². The van der Waals surface area contributed by atoms with Crippen LogP contribution in [0.15, 0.2) is 91.3 Å². The molecule has 0 aromatic heterocycles. The van der Waals surface area contributed by atoms with Gasteiger partial charge in [-0.2, -0.15) is 8.42 Å². The zero-order valence-electron chi connectivity index (χ0n) is 16.0. The Kier molecular flexibility index (Phi) is 6.52. The van der Waals surface area contributed by atoms with Gasteiger partial charge < -0.3 is 9.02 Å². The summed E-state index contributed by atoms with van der Waals surface area (Å²) in [7, 11) is -4.18. The van der Waals surface area contributed by atoms with Gasteiger partial charge in [0.1, 0.15) is 10.6 Å². The molecule has 0 bridgehead atoms. The molecule has 6 nitrogen and oxygen atoms in total. The molecule has 1 aliphatic rings. The van der Waals surface area contributed by atoms with E-state index in [1.165, 1.54) is 30.3 Å². The number of nitrogens with zero attached hydrogens (tertiary/aromatic N) is 1. The molecule has 0 unspecified atom stereocenters. The Hall–Kier alpha value is -2.46. The van der Waals surface area contributed by atoms with Crippen molar-refractivity contribution in [1.29, 1.82) is 0 Å². The molecule has 10 heteroatoms. The largest absolute Gasteiger partial charge is 0.377 e. The van der Waals surface area contributed by atoms with Crippen molar-refractivity contribution in [3.05, 3.63) is 97.4 Å². The molecule has 0 atom stereocenters. The summed E-state index contributed by atoms with van der Waals surface area (Å²) in [5.74, 6) is -0.658. The van der Waals surface area contributed by atoms with Crippen LogP contribution in [0.1, 0.15) is 11.1 Å². The van der Waals surface area contributed by atoms with E-state index in [0.29, 0.717) is 30.8 Å². The van der Waals surface area contributed by atoms with Crippen LogP contribution in [-0.4, -0.2) is 20.1 Å². The van der Waals surface area contributed by atoms with Gasteiger partial charge in [-0.1, -0.05) is 63.0 Å². The number of rotatable bonds is 5. The summed E-state index contributed by atoms with van der Waals surface area (Å²) in [6, 6.07) is 17.9. The van der Waals surface area contributed by atoms with E-state index in [4.69, 9.17) is 20.6 Å². The maximum atomic E-state index is 12.9. The highest BCUT2D eigenvalue weighted by atomic mass is 79.9. The summed E-state index contributed by atoms with van der Waals surface area (Å²) in [5.41, 5.74) is 1.49. The predicted octanol–water partition coefficient (Wildman–Crippen LogP) is 5.98. The van der Waals surface area contributed by atoms with Crippen molar-refractivity contribution in [3.8, 4) is 5.75 Å². The van der Waals surface area contributed by atoms with E-state index in [2.05, 4.69) is 37.0 Å². The fraction of sp³-hybridized carbons (Fsp3) is 0. The minimum atomic E-state index is -4.18. The Morgan fingerprint density at radius 3 is 2.38 bits per heavy atom. The Morgan fingerprint density at radius 2 is 1.69 bits per heavy atom. The first-order chi connectivity index (χ1) is 15.2. The summed E-state index contributed by atoms with van der Waals surface area (Å²) < 4.78 is 32.2. The molecule has 0 amide bonds. The number of oxime groups is 1. The zero-order valence-corrected chi connectivity index (χ0v) is 20.7. The van der Waals surface area contributed by atoms with Crippen LogP contribution >= 0.6 is 43.5 Å². The monoisotopic (exact) mass is 595 g/mol. The second-order valence-corrected chi connectivity index (χ2v) is 10.3. The van der Waals surface area contributed by atoms with Crippen molar-refractivity contribution in [2.75, 3.05) is 0 Å². The lowest BCUT2D eigenvalue weighted by molar-refractivity contribution is -0.136. The fourth-order valence-electron chi connectivity index (χ4n) is 2.90. The third-order valence-electron chi connectivity index (χ3n) is 4.37. The molecule has 32 heavy (non-hydrogen) atoms. The first-order valence-corrected chi connectivity index (χ1v) is 12.4. The Balaban J connectivity index is 1.79. The lowest BCUT2D eigenvalue weighted by Gasteiger charge is -2.13. The highest BCUT2D eigenvalue weighted by molar-refractivity contribution is 9.11. The molecule has 0 saturated carbocycles. The third kappa shape index (κ3) is 4.80. The van der Waals surface area contributed by atoms with Crippen molar-refractivity contribution < 1.29 is 22.2 Å². The molecule has 0 spiro atoms. The third-order valence-corrected chi connectivity index (χ3v) is 6.91. The van der Waals surface area contributed by atoms with Gasteiger partial charge in [0.25, 0.3) is 0 Å². The number of benzene rings is 3. The van der Waals surface area contributed by atoms with E-state index >= 15 is 0 Å². The summed E-state index contributed by atoms with van der Waals surface area (Å²) in [6.45, 7) is 0. The van der Waals surface area contributed by atoms with Crippen molar-refractivity contribution in [1.82, 2.24) is 0 Å². The van der Waals surface area contributed by atoms with Gasteiger partial charge >= 0.3 is 16.1 Å². The average molecular weight is 598 g/mol. The zero-order chi connectivity index (χ0) is 22.9. The summed E-state index contributed by atoms with van der Waals surface area (Å²) in [5, 5.41) is 4.27. The SMILES string of the molecule is O=C1ON=C(c2ccccc2)/C1=C/c1cc(Br)cc(Br)c1OS(=O)(=O)c1ccc(Cl)cc1. The van der Waals surface area contributed by atoms with Crippen LogP contribution in [0, 0.1) is 0 Å². The molecule has 0 fully saturated rings. The van der Waals surface area contributed by atoms with E-state index in [9.17, 15) is 13.2 Å². The smallest absolute Gasteiger partial charge is 0.368 e. The van der Waals surface area contributed by atoms with Crippen LogP contribution < -0.4 is 4.18 Å². The van der Waals surface area contributed by atoms with Gasteiger partial charge in [0.05, 0.1) is 10.0 Å². The second-order valence-electron chi connectivity index (χ2n) is 6.54. The summed E-state index contributed by atoms with van der Waals surface area (Å²) in [4.78, 5) is 17.2. The lowest BCUT2D eigenvalue weighted by Crippen LogP contribution is -2.11. The second kappa shape index (κ2) is 9.19. The number of carbonyl (C=O) groups excluding carboxylic acids is 1. The van der Waals surface area contributed by atoms with Crippen LogP contribution in [0.5, 0.6) is 5.75 Å². The number of carbonyl (C=O) groups is 1. The Bertz CT molecular complexity index is 1370. The first kappa shape index (κ1) is 22.7.